The van der Waals surface area contributed by atoms with Gasteiger partial charge in [-0.1, -0.05) is 0 Å². The Hall–Kier alpha value is -1.96. The number of sulfone groups is 1. The van der Waals surface area contributed by atoms with Crippen LogP contribution in [0.2, 0.25) is 0 Å². The molecule has 1 saturated heterocycles. The third kappa shape index (κ3) is 2.37. The summed E-state index contributed by atoms with van der Waals surface area (Å²) in [6.07, 6.45) is 3.35. The fourth-order valence-electron chi connectivity index (χ4n) is 2.96. The first kappa shape index (κ1) is 15.0. The number of nitrogens with zero attached hydrogens (tertiary/aromatic N) is 4. The highest BCUT2D eigenvalue weighted by Gasteiger charge is 2.34. The number of rotatable bonds is 2. The van der Waals surface area contributed by atoms with Crippen molar-refractivity contribution in [1.82, 2.24) is 19.5 Å². The first-order chi connectivity index (χ1) is 10.3. The lowest BCUT2D eigenvalue weighted by atomic mass is 10.1. The predicted molar refractivity (Wildman–Crippen MR) is 81.6 cm³/mol. The van der Waals surface area contributed by atoms with Gasteiger partial charge in [0, 0.05) is 25.4 Å². The molecule has 1 amide bonds. The summed E-state index contributed by atoms with van der Waals surface area (Å²) in [5.74, 6) is -0.175. The number of fused-ring (bicyclic) bond motifs is 1. The lowest BCUT2D eigenvalue weighted by Crippen LogP contribution is -2.33. The van der Waals surface area contributed by atoms with Crippen molar-refractivity contribution in [2.75, 3.05) is 19.3 Å². The van der Waals surface area contributed by atoms with E-state index in [9.17, 15) is 13.2 Å². The Morgan fingerprint density at radius 2 is 2.09 bits per heavy atom. The maximum Gasteiger partial charge on any atom is 0.257 e. The second-order valence-corrected chi connectivity index (χ2v) is 8.08. The SMILES string of the molecule is Cc1nc2ccnn2c(C)c1C(=O)N1CCC(S(C)(=O)=O)C1. The molecule has 0 saturated carbocycles. The highest BCUT2D eigenvalue weighted by molar-refractivity contribution is 7.91. The molecular formula is C14H18N4O3S. The van der Waals surface area contributed by atoms with Crippen LogP contribution in [-0.2, 0) is 9.84 Å². The number of carbonyl (C=O) groups excluding carboxylic acids is 1. The third-order valence-corrected chi connectivity index (χ3v) is 5.79. The molecule has 0 bridgehead atoms. The fourth-order valence-corrected chi connectivity index (χ4v) is 3.95. The van der Waals surface area contributed by atoms with Crippen LogP contribution in [0.25, 0.3) is 5.65 Å². The van der Waals surface area contributed by atoms with Crippen molar-refractivity contribution >= 4 is 21.4 Å². The Balaban J connectivity index is 1.96. The molecule has 2 aromatic heterocycles. The van der Waals surface area contributed by atoms with Gasteiger partial charge in [-0.25, -0.2) is 17.9 Å². The van der Waals surface area contributed by atoms with Gasteiger partial charge in [0.15, 0.2) is 15.5 Å². The summed E-state index contributed by atoms with van der Waals surface area (Å²) < 4.78 is 24.9. The van der Waals surface area contributed by atoms with E-state index in [1.54, 1.807) is 28.6 Å². The Bertz CT molecular complexity index is 856. The Morgan fingerprint density at radius 3 is 2.73 bits per heavy atom. The summed E-state index contributed by atoms with van der Waals surface area (Å²) in [4.78, 5) is 18.8. The van der Waals surface area contributed by atoms with Crippen LogP contribution >= 0.6 is 0 Å². The van der Waals surface area contributed by atoms with Gasteiger partial charge in [-0.2, -0.15) is 5.10 Å². The molecule has 7 nitrogen and oxygen atoms in total. The van der Waals surface area contributed by atoms with Gasteiger partial charge in [0.05, 0.1) is 28.4 Å². The van der Waals surface area contributed by atoms with E-state index in [1.165, 1.54) is 6.26 Å². The van der Waals surface area contributed by atoms with E-state index in [1.807, 2.05) is 6.92 Å². The first-order valence-electron chi connectivity index (χ1n) is 7.08. The predicted octanol–water partition coefficient (Wildman–Crippen LogP) is 0.605. The lowest BCUT2D eigenvalue weighted by Gasteiger charge is -2.19. The van der Waals surface area contributed by atoms with Gasteiger partial charge in [0.25, 0.3) is 5.91 Å². The van der Waals surface area contributed by atoms with E-state index in [4.69, 9.17) is 0 Å². The molecule has 1 aliphatic rings. The molecule has 8 heteroatoms. The molecule has 118 valence electrons. The minimum absolute atomic E-state index is 0.175. The van der Waals surface area contributed by atoms with Gasteiger partial charge in [-0.15, -0.1) is 0 Å². The van der Waals surface area contributed by atoms with E-state index in [-0.39, 0.29) is 12.5 Å². The molecule has 2 aromatic rings. The molecule has 22 heavy (non-hydrogen) atoms. The number of likely N-dealkylation sites (tertiary alicyclic amines) is 1. The number of amides is 1. The Labute approximate surface area is 128 Å². The van der Waals surface area contributed by atoms with E-state index in [2.05, 4.69) is 10.1 Å². The lowest BCUT2D eigenvalue weighted by molar-refractivity contribution is 0.0790. The first-order valence-corrected chi connectivity index (χ1v) is 9.03. The van der Waals surface area contributed by atoms with E-state index >= 15 is 0 Å². The summed E-state index contributed by atoms with van der Waals surface area (Å²) in [6, 6.07) is 1.78. The molecule has 0 aromatic carbocycles. The van der Waals surface area contributed by atoms with Crippen LogP contribution in [0.1, 0.15) is 28.2 Å². The number of aromatic nitrogens is 3. The van der Waals surface area contributed by atoms with Crippen molar-refractivity contribution in [1.29, 1.82) is 0 Å². The standard InChI is InChI=1S/C14H18N4O3S/c1-9-13(10(2)18-12(16-9)4-6-15-18)14(19)17-7-5-11(8-17)22(3,20)21/h4,6,11H,5,7-8H2,1-3H3. The normalized spacial score (nSPS) is 19.0. The van der Waals surface area contributed by atoms with Crippen LogP contribution in [0.4, 0.5) is 0 Å². The quantitative estimate of drug-likeness (QED) is 0.808. The zero-order valence-corrected chi connectivity index (χ0v) is 13.6. The van der Waals surface area contributed by atoms with Crippen LogP contribution < -0.4 is 0 Å². The Kier molecular flexibility index (Phi) is 3.43. The molecule has 1 fully saturated rings. The van der Waals surface area contributed by atoms with Gasteiger partial charge >= 0.3 is 0 Å². The highest BCUT2D eigenvalue weighted by atomic mass is 32.2. The average Bonchev–Trinajstić information content (AvgIpc) is 3.06. The minimum atomic E-state index is -3.12. The van der Waals surface area contributed by atoms with Crippen LogP contribution in [0.15, 0.2) is 12.3 Å². The van der Waals surface area contributed by atoms with Crippen molar-refractivity contribution in [2.45, 2.75) is 25.5 Å². The zero-order valence-electron chi connectivity index (χ0n) is 12.8. The molecule has 3 heterocycles. The van der Waals surface area contributed by atoms with Crippen LogP contribution in [0, 0.1) is 13.8 Å². The molecule has 1 atom stereocenters. The maximum atomic E-state index is 12.8. The van der Waals surface area contributed by atoms with Crippen LogP contribution in [-0.4, -0.2) is 58.4 Å². The van der Waals surface area contributed by atoms with Gasteiger partial charge in [-0.3, -0.25) is 4.79 Å². The summed E-state index contributed by atoms with van der Waals surface area (Å²) in [5.41, 5.74) is 2.56. The van der Waals surface area contributed by atoms with Gasteiger partial charge in [0.2, 0.25) is 0 Å². The molecule has 0 N–H and O–H groups in total. The molecular weight excluding hydrogens is 304 g/mol. The van der Waals surface area contributed by atoms with Crippen molar-refractivity contribution in [3.8, 4) is 0 Å². The van der Waals surface area contributed by atoms with Crippen molar-refractivity contribution < 1.29 is 13.2 Å². The number of hydrogen-bond donors (Lipinski definition) is 0. The number of aryl methyl sites for hydroxylation is 2. The van der Waals surface area contributed by atoms with E-state index < -0.39 is 15.1 Å². The largest absolute Gasteiger partial charge is 0.337 e. The molecule has 0 aliphatic carbocycles. The van der Waals surface area contributed by atoms with E-state index in [0.717, 1.165) is 5.69 Å². The second kappa shape index (κ2) is 5.05. The van der Waals surface area contributed by atoms with Crippen molar-refractivity contribution in [3.63, 3.8) is 0 Å². The fraction of sp³-hybridized carbons (Fsp3) is 0.500. The summed E-state index contributed by atoms with van der Waals surface area (Å²) in [6.45, 7) is 4.31. The zero-order chi connectivity index (χ0) is 16.1. The molecule has 3 rings (SSSR count). The monoisotopic (exact) mass is 322 g/mol. The van der Waals surface area contributed by atoms with Gasteiger partial charge < -0.3 is 4.90 Å². The van der Waals surface area contributed by atoms with Gasteiger partial charge in [0.1, 0.15) is 0 Å². The maximum absolute atomic E-state index is 12.8. The van der Waals surface area contributed by atoms with Crippen molar-refractivity contribution in [2.24, 2.45) is 0 Å². The second-order valence-electron chi connectivity index (χ2n) is 5.75. The van der Waals surface area contributed by atoms with Crippen molar-refractivity contribution in [3.05, 3.63) is 29.2 Å². The highest BCUT2D eigenvalue weighted by Crippen LogP contribution is 2.22. The summed E-state index contributed by atoms with van der Waals surface area (Å²) in [7, 11) is -3.12. The van der Waals surface area contributed by atoms with E-state index in [0.29, 0.717) is 29.9 Å². The molecule has 0 radical (unpaired) electrons. The minimum Gasteiger partial charge on any atom is -0.337 e. The molecule has 1 unspecified atom stereocenters. The van der Waals surface area contributed by atoms with Crippen LogP contribution in [0.5, 0.6) is 0 Å². The summed E-state index contributed by atoms with van der Waals surface area (Å²) in [5, 5.41) is 3.70. The number of carbonyl (C=O) groups is 1. The summed E-state index contributed by atoms with van der Waals surface area (Å²) >= 11 is 0. The third-order valence-electron chi connectivity index (χ3n) is 4.20. The number of hydrogen-bond acceptors (Lipinski definition) is 5. The topological polar surface area (TPSA) is 84.6 Å². The molecule has 1 aliphatic heterocycles. The average molecular weight is 322 g/mol. The van der Waals surface area contributed by atoms with Gasteiger partial charge in [-0.05, 0) is 20.3 Å². The van der Waals surface area contributed by atoms with Crippen LogP contribution in [0.3, 0.4) is 0 Å². The smallest absolute Gasteiger partial charge is 0.257 e. The molecule has 0 spiro atoms. The Morgan fingerprint density at radius 1 is 1.36 bits per heavy atom.